The largest absolute Gasteiger partial charge is 0.478 e. The average Bonchev–Trinajstić information content (AvgIpc) is 2.16. The molecular formula is C11H20O3. The second-order valence-electron chi connectivity index (χ2n) is 3.55. The van der Waals surface area contributed by atoms with Gasteiger partial charge in [-0.25, -0.2) is 4.79 Å². The summed E-state index contributed by atoms with van der Waals surface area (Å²) < 4.78 is 0. The Morgan fingerprint density at radius 3 is 2.36 bits per heavy atom. The van der Waals surface area contributed by atoms with E-state index < -0.39 is 12.1 Å². The Labute approximate surface area is 85.4 Å². The van der Waals surface area contributed by atoms with Crippen LogP contribution in [0.15, 0.2) is 12.2 Å². The first-order valence-corrected chi connectivity index (χ1v) is 5.19. The Morgan fingerprint density at radius 1 is 1.29 bits per heavy atom. The number of aliphatic hydroxyl groups excluding tert-OH is 1. The lowest BCUT2D eigenvalue weighted by atomic mass is 10.0. The van der Waals surface area contributed by atoms with Crippen LogP contribution in [0.1, 0.15) is 45.4 Å². The summed E-state index contributed by atoms with van der Waals surface area (Å²) in [6.45, 7) is 5.46. The van der Waals surface area contributed by atoms with Crippen LogP contribution in [0.25, 0.3) is 0 Å². The molecule has 0 amide bonds. The van der Waals surface area contributed by atoms with Gasteiger partial charge in [0, 0.05) is 0 Å². The van der Waals surface area contributed by atoms with Crippen molar-refractivity contribution in [2.45, 2.75) is 51.6 Å². The maximum Gasteiger partial charge on any atom is 0.333 e. The van der Waals surface area contributed by atoms with Crippen molar-refractivity contribution in [3.63, 3.8) is 0 Å². The highest BCUT2D eigenvalue weighted by Crippen LogP contribution is 2.11. The maximum absolute atomic E-state index is 10.4. The molecule has 0 aromatic heterocycles. The third-order valence-electron chi connectivity index (χ3n) is 2.26. The number of aliphatic carboxylic acids is 1. The first-order chi connectivity index (χ1) is 6.59. The first-order valence-electron chi connectivity index (χ1n) is 5.19. The van der Waals surface area contributed by atoms with E-state index in [1.54, 1.807) is 0 Å². The minimum atomic E-state index is -1.11. The van der Waals surface area contributed by atoms with Crippen molar-refractivity contribution < 1.29 is 15.0 Å². The first kappa shape index (κ1) is 13.2. The van der Waals surface area contributed by atoms with Gasteiger partial charge in [0.2, 0.25) is 0 Å². The lowest BCUT2D eigenvalue weighted by Gasteiger charge is -2.09. The Balaban J connectivity index is 3.49. The highest BCUT2D eigenvalue weighted by atomic mass is 16.4. The Hall–Kier alpha value is -0.830. The monoisotopic (exact) mass is 200 g/mol. The summed E-state index contributed by atoms with van der Waals surface area (Å²) in [5.41, 5.74) is -0.0968. The second-order valence-corrected chi connectivity index (χ2v) is 3.55. The van der Waals surface area contributed by atoms with Crippen LogP contribution in [0, 0.1) is 0 Å². The maximum atomic E-state index is 10.4. The summed E-state index contributed by atoms with van der Waals surface area (Å²) >= 11 is 0. The molecule has 0 radical (unpaired) electrons. The van der Waals surface area contributed by atoms with Crippen LogP contribution in [0.2, 0.25) is 0 Å². The minimum Gasteiger partial charge on any atom is -0.478 e. The van der Waals surface area contributed by atoms with Gasteiger partial charge in [0.15, 0.2) is 0 Å². The summed E-state index contributed by atoms with van der Waals surface area (Å²) in [5.74, 6) is -1.11. The predicted molar refractivity (Wildman–Crippen MR) is 56.2 cm³/mol. The molecule has 0 saturated carbocycles. The quantitative estimate of drug-likeness (QED) is 0.467. The molecule has 2 N–H and O–H groups in total. The zero-order chi connectivity index (χ0) is 11.0. The molecule has 0 saturated heterocycles. The molecule has 1 unspecified atom stereocenters. The van der Waals surface area contributed by atoms with Crippen LogP contribution in [0.4, 0.5) is 0 Å². The molecule has 0 heterocycles. The fourth-order valence-corrected chi connectivity index (χ4v) is 1.26. The minimum absolute atomic E-state index is 0.0968. The van der Waals surface area contributed by atoms with E-state index in [2.05, 4.69) is 13.5 Å². The molecule has 82 valence electrons. The van der Waals surface area contributed by atoms with Crippen LogP contribution in [0.5, 0.6) is 0 Å². The number of carboxylic acids is 1. The SMILES string of the molecule is C=C(C(=O)O)C(O)CCCCCCC. The van der Waals surface area contributed by atoms with Gasteiger partial charge in [-0.3, -0.25) is 0 Å². The molecule has 0 aliphatic carbocycles. The highest BCUT2D eigenvalue weighted by Gasteiger charge is 2.14. The number of aliphatic hydroxyl groups is 1. The van der Waals surface area contributed by atoms with E-state index >= 15 is 0 Å². The normalized spacial score (nSPS) is 12.4. The molecule has 3 nitrogen and oxygen atoms in total. The Bertz CT molecular complexity index is 187. The van der Waals surface area contributed by atoms with E-state index in [1.165, 1.54) is 12.8 Å². The number of carboxylic acid groups (broad SMARTS) is 1. The van der Waals surface area contributed by atoms with Crippen molar-refractivity contribution in [2.75, 3.05) is 0 Å². The molecule has 0 aromatic carbocycles. The van der Waals surface area contributed by atoms with Crippen molar-refractivity contribution >= 4 is 5.97 Å². The molecule has 0 bridgehead atoms. The third-order valence-corrected chi connectivity index (χ3v) is 2.26. The number of unbranched alkanes of at least 4 members (excludes halogenated alkanes) is 4. The van der Waals surface area contributed by atoms with E-state index in [4.69, 9.17) is 5.11 Å². The van der Waals surface area contributed by atoms with E-state index in [9.17, 15) is 9.90 Å². The topological polar surface area (TPSA) is 57.5 Å². The smallest absolute Gasteiger partial charge is 0.333 e. The van der Waals surface area contributed by atoms with Crippen molar-refractivity contribution in [1.82, 2.24) is 0 Å². The van der Waals surface area contributed by atoms with Crippen LogP contribution < -0.4 is 0 Å². The average molecular weight is 200 g/mol. The molecule has 0 fully saturated rings. The molecule has 0 aliphatic heterocycles. The molecular weight excluding hydrogens is 180 g/mol. The summed E-state index contributed by atoms with van der Waals surface area (Å²) in [4.78, 5) is 10.4. The van der Waals surface area contributed by atoms with Gasteiger partial charge in [-0.2, -0.15) is 0 Å². The fraction of sp³-hybridized carbons (Fsp3) is 0.727. The molecule has 0 spiro atoms. The van der Waals surface area contributed by atoms with Crippen molar-refractivity contribution in [1.29, 1.82) is 0 Å². The van der Waals surface area contributed by atoms with E-state index in [0.29, 0.717) is 6.42 Å². The van der Waals surface area contributed by atoms with Crippen molar-refractivity contribution in [2.24, 2.45) is 0 Å². The summed E-state index contributed by atoms with van der Waals surface area (Å²) in [6, 6.07) is 0. The van der Waals surface area contributed by atoms with Gasteiger partial charge < -0.3 is 10.2 Å². The molecule has 14 heavy (non-hydrogen) atoms. The van der Waals surface area contributed by atoms with Crippen molar-refractivity contribution in [3.8, 4) is 0 Å². The van der Waals surface area contributed by atoms with Gasteiger partial charge in [0.25, 0.3) is 0 Å². The number of rotatable bonds is 8. The lowest BCUT2D eigenvalue weighted by Crippen LogP contribution is -2.16. The van der Waals surface area contributed by atoms with Gasteiger partial charge in [0.05, 0.1) is 11.7 Å². The van der Waals surface area contributed by atoms with Crippen LogP contribution in [0.3, 0.4) is 0 Å². The number of hydrogen-bond donors (Lipinski definition) is 2. The number of hydrogen-bond acceptors (Lipinski definition) is 2. The van der Waals surface area contributed by atoms with E-state index in [1.807, 2.05) is 0 Å². The van der Waals surface area contributed by atoms with E-state index in [-0.39, 0.29) is 5.57 Å². The second kappa shape index (κ2) is 7.56. The van der Waals surface area contributed by atoms with Gasteiger partial charge in [-0.15, -0.1) is 0 Å². The van der Waals surface area contributed by atoms with Gasteiger partial charge >= 0.3 is 5.97 Å². The van der Waals surface area contributed by atoms with Crippen LogP contribution in [-0.2, 0) is 4.79 Å². The summed E-state index contributed by atoms with van der Waals surface area (Å²) in [7, 11) is 0. The Morgan fingerprint density at radius 2 is 1.86 bits per heavy atom. The summed E-state index contributed by atoms with van der Waals surface area (Å²) in [5, 5.41) is 17.9. The Kier molecular flexibility index (Phi) is 7.11. The summed E-state index contributed by atoms with van der Waals surface area (Å²) in [6.07, 6.45) is 5.09. The molecule has 0 aliphatic rings. The zero-order valence-electron chi connectivity index (χ0n) is 8.83. The van der Waals surface area contributed by atoms with Crippen molar-refractivity contribution in [3.05, 3.63) is 12.2 Å². The fourth-order valence-electron chi connectivity index (χ4n) is 1.26. The van der Waals surface area contributed by atoms with Crippen LogP contribution >= 0.6 is 0 Å². The van der Waals surface area contributed by atoms with Gasteiger partial charge in [-0.1, -0.05) is 45.6 Å². The predicted octanol–water partition coefficient (Wildman–Crippen LogP) is 2.35. The number of carbonyl (C=O) groups is 1. The van der Waals surface area contributed by atoms with Gasteiger partial charge in [0.1, 0.15) is 0 Å². The van der Waals surface area contributed by atoms with Crippen LogP contribution in [-0.4, -0.2) is 22.3 Å². The highest BCUT2D eigenvalue weighted by molar-refractivity contribution is 5.86. The molecule has 0 rings (SSSR count). The van der Waals surface area contributed by atoms with E-state index in [0.717, 1.165) is 19.3 Å². The van der Waals surface area contributed by atoms with Gasteiger partial charge in [-0.05, 0) is 6.42 Å². The third kappa shape index (κ3) is 5.75. The molecule has 0 aromatic rings. The lowest BCUT2D eigenvalue weighted by molar-refractivity contribution is -0.133. The molecule has 3 heteroatoms. The standard InChI is InChI=1S/C11H20O3/c1-3-4-5-6-7-8-10(12)9(2)11(13)14/h10,12H,2-8H2,1H3,(H,13,14). The molecule has 1 atom stereocenters. The zero-order valence-corrected chi connectivity index (χ0v) is 8.83.